The first kappa shape index (κ1) is 28.5. The van der Waals surface area contributed by atoms with Crippen molar-refractivity contribution in [1.29, 1.82) is 0 Å². The summed E-state index contributed by atoms with van der Waals surface area (Å²) in [6, 6.07) is 7.43. The van der Waals surface area contributed by atoms with Crippen LogP contribution in [0.1, 0.15) is 86.6 Å². The van der Waals surface area contributed by atoms with Gasteiger partial charge in [-0.3, -0.25) is 9.59 Å². The van der Waals surface area contributed by atoms with Gasteiger partial charge in [-0.05, 0) is 45.5 Å². The van der Waals surface area contributed by atoms with Crippen LogP contribution in [0, 0.1) is 5.92 Å². The van der Waals surface area contributed by atoms with Gasteiger partial charge in [0.05, 0.1) is 11.1 Å². The molecule has 1 N–H and O–H groups in total. The molecule has 3 rings (SSSR count). The minimum atomic E-state index is -0.595. The molecular formula is C24H44N2O2. The fourth-order valence-corrected chi connectivity index (χ4v) is 3.14. The van der Waals surface area contributed by atoms with E-state index >= 15 is 0 Å². The predicted molar refractivity (Wildman–Crippen MR) is 123 cm³/mol. The van der Waals surface area contributed by atoms with Gasteiger partial charge in [0.2, 0.25) is 11.8 Å². The van der Waals surface area contributed by atoms with E-state index in [2.05, 4.69) is 12.2 Å². The Morgan fingerprint density at radius 2 is 1.46 bits per heavy atom. The summed E-state index contributed by atoms with van der Waals surface area (Å²) in [5.41, 5.74) is 1.05. The fraction of sp³-hybridized carbons (Fsp3) is 0.667. The maximum absolute atomic E-state index is 12.0. The van der Waals surface area contributed by atoms with Crippen molar-refractivity contribution >= 4 is 17.5 Å². The Bertz CT molecular complexity index is 561. The number of imide groups is 1. The molecular weight excluding hydrogens is 348 g/mol. The number of anilines is 1. The second-order valence-electron chi connectivity index (χ2n) is 7.19. The monoisotopic (exact) mass is 392 g/mol. The minimum absolute atomic E-state index is 0.142. The van der Waals surface area contributed by atoms with E-state index in [9.17, 15) is 9.59 Å². The van der Waals surface area contributed by atoms with E-state index in [0.29, 0.717) is 0 Å². The van der Waals surface area contributed by atoms with E-state index in [0.717, 1.165) is 17.2 Å². The molecule has 162 valence electrons. The van der Waals surface area contributed by atoms with Crippen LogP contribution in [0.25, 0.3) is 0 Å². The molecule has 1 fully saturated rings. The number of nitrogens with one attached hydrogen (secondary N) is 1. The topological polar surface area (TPSA) is 49.4 Å². The summed E-state index contributed by atoms with van der Waals surface area (Å²) in [7, 11) is 3.75. The molecule has 1 aliphatic carbocycles. The molecule has 0 atom stereocenters. The van der Waals surface area contributed by atoms with Crippen molar-refractivity contribution in [2.75, 3.05) is 19.0 Å². The molecule has 4 heteroatoms. The van der Waals surface area contributed by atoms with Crippen LogP contribution < -0.4 is 10.2 Å². The molecule has 28 heavy (non-hydrogen) atoms. The summed E-state index contributed by atoms with van der Waals surface area (Å²) in [5.74, 6) is 0.680. The molecule has 0 spiro atoms. The van der Waals surface area contributed by atoms with E-state index < -0.39 is 5.41 Å². The zero-order chi connectivity index (χ0) is 22.3. The van der Waals surface area contributed by atoms with Crippen molar-refractivity contribution in [1.82, 2.24) is 5.32 Å². The van der Waals surface area contributed by atoms with Gasteiger partial charge in [0.1, 0.15) is 0 Å². The van der Waals surface area contributed by atoms with E-state index in [4.69, 9.17) is 0 Å². The molecule has 0 unspecified atom stereocenters. The standard InChI is InChI=1S/C12H13NO2.C6H12.C2H7N.2C2H6/c1-8(14)13-10-7-5-4-6-9(10)12(2,3)11(13)15;1-6-4-2-3-5-6;1-3-2;2*1-2/h4-7H,1-3H3;6H,2-5H2,1H3;3H,1-2H3;2*1-2H3. The van der Waals surface area contributed by atoms with Crippen LogP contribution in [0.15, 0.2) is 24.3 Å². The molecule has 1 aromatic rings. The lowest BCUT2D eigenvalue weighted by Gasteiger charge is -2.17. The highest BCUT2D eigenvalue weighted by Gasteiger charge is 2.45. The molecule has 2 amide bonds. The van der Waals surface area contributed by atoms with Gasteiger partial charge >= 0.3 is 0 Å². The third-order valence-corrected chi connectivity index (χ3v) is 4.51. The van der Waals surface area contributed by atoms with Crippen LogP contribution in [0.3, 0.4) is 0 Å². The van der Waals surface area contributed by atoms with Crippen molar-refractivity contribution in [2.24, 2.45) is 5.92 Å². The lowest BCUT2D eigenvalue weighted by Crippen LogP contribution is -2.38. The predicted octanol–water partition coefficient (Wildman–Crippen LogP) is 5.94. The highest BCUT2D eigenvalue weighted by atomic mass is 16.2. The highest BCUT2D eigenvalue weighted by Crippen LogP contribution is 2.41. The molecule has 1 aliphatic heterocycles. The van der Waals surface area contributed by atoms with Crippen molar-refractivity contribution in [3.8, 4) is 0 Å². The molecule has 0 aromatic heterocycles. The van der Waals surface area contributed by atoms with Crippen LogP contribution in [0.2, 0.25) is 0 Å². The number of hydrogen-bond acceptors (Lipinski definition) is 3. The summed E-state index contributed by atoms with van der Waals surface area (Å²) < 4.78 is 0. The quantitative estimate of drug-likeness (QED) is 0.594. The van der Waals surface area contributed by atoms with Crippen LogP contribution in [-0.2, 0) is 15.0 Å². The summed E-state index contributed by atoms with van der Waals surface area (Å²) >= 11 is 0. The first-order chi connectivity index (χ1) is 13.3. The number of benzene rings is 1. The van der Waals surface area contributed by atoms with Crippen LogP contribution >= 0.6 is 0 Å². The summed E-state index contributed by atoms with van der Waals surface area (Å²) in [4.78, 5) is 24.7. The molecule has 0 radical (unpaired) electrons. The maximum Gasteiger partial charge on any atom is 0.243 e. The first-order valence-electron chi connectivity index (χ1n) is 10.8. The average molecular weight is 393 g/mol. The van der Waals surface area contributed by atoms with Crippen molar-refractivity contribution in [3.05, 3.63) is 29.8 Å². The van der Waals surface area contributed by atoms with Crippen molar-refractivity contribution in [2.45, 2.75) is 86.5 Å². The summed E-state index contributed by atoms with van der Waals surface area (Å²) in [5, 5.41) is 2.75. The molecule has 1 heterocycles. The second kappa shape index (κ2) is 15.3. The lowest BCUT2D eigenvalue weighted by molar-refractivity contribution is -0.127. The molecule has 0 bridgehead atoms. The molecule has 0 saturated heterocycles. The Labute approximate surface area is 174 Å². The number of nitrogens with zero attached hydrogens (tertiary/aromatic N) is 1. The lowest BCUT2D eigenvalue weighted by atomic mass is 9.86. The average Bonchev–Trinajstić information content (AvgIpc) is 3.24. The maximum atomic E-state index is 12.0. The molecule has 1 aromatic carbocycles. The van der Waals surface area contributed by atoms with Gasteiger partial charge in [-0.25, -0.2) is 4.90 Å². The number of para-hydroxylation sites is 1. The third-order valence-electron chi connectivity index (χ3n) is 4.51. The Hall–Kier alpha value is -1.68. The fourth-order valence-electron chi connectivity index (χ4n) is 3.14. The van der Waals surface area contributed by atoms with E-state index in [-0.39, 0.29) is 11.8 Å². The van der Waals surface area contributed by atoms with Gasteiger partial charge in [0.15, 0.2) is 0 Å². The SMILES string of the molecule is CC.CC.CC(=O)N1C(=O)C(C)(C)c2ccccc21.CC1CCCC1.CNC. The largest absolute Gasteiger partial charge is 0.323 e. The Morgan fingerprint density at radius 1 is 1.04 bits per heavy atom. The van der Waals surface area contributed by atoms with Crippen molar-refractivity contribution < 1.29 is 9.59 Å². The van der Waals surface area contributed by atoms with Gasteiger partial charge in [-0.2, -0.15) is 0 Å². The minimum Gasteiger partial charge on any atom is -0.323 e. The number of carbonyl (C=O) groups is 2. The Balaban J connectivity index is 0. The third kappa shape index (κ3) is 8.14. The Kier molecular flexibility index (Phi) is 15.6. The first-order valence-corrected chi connectivity index (χ1v) is 10.8. The number of amides is 2. The van der Waals surface area contributed by atoms with Gasteiger partial charge in [0.25, 0.3) is 0 Å². The smallest absolute Gasteiger partial charge is 0.243 e. The van der Waals surface area contributed by atoms with E-state index in [1.807, 2.05) is 79.9 Å². The second-order valence-corrected chi connectivity index (χ2v) is 7.19. The zero-order valence-electron chi connectivity index (χ0n) is 20.0. The summed E-state index contributed by atoms with van der Waals surface area (Å²) in [6.07, 6.45) is 5.95. The Morgan fingerprint density at radius 3 is 1.82 bits per heavy atom. The normalized spacial score (nSPS) is 16.1. The zero-order valence-corrected chi connectivity index (χ0v) is 20.0. The number of carbonyl (C=O) groups excluding carboxylic acids is 2. The molecule has 2 aliphatic rings. The summed E-state index contributed by atoms with van der Waals surface area (Å²) in [6.45, 7) is 15.4. The van der Waals surface area contributed by atoms with Gasteiger partial charge in [-0.15, -0.1) is 0 Å². The van der Waals surface area contributed by atoms with E-state index in [1.165, 1.54) is 37.5 Å². The van der Waals surface area contributed by atoms with Crippen LogP contribution in [-0.4, -0.2) is 25.9 Å². The van der Waals surface area contributed by atoms with E-state index in [1.54, 1.807) is 0 Å². The molecule has 4 nitrogen and oxygen atoms in total. The number of hydrogen-bond donors (Lipinski definition) is 1. The highest BCUT2D eigenvalue weighted by molar-refractivity contribution is 6.21. The van der Waals surface area contributed by atoms with Gasteiger partial charge in [-0.1, -0.05) is 78.5 Å². The number of rotatable bonds is 0. The van der Waals surface area contributed by atoms with Gasteiger partial charge in [0, 0.05) is 6.92 Å². The van der Waals surface area contributed by atoms with Gasteiger partial charge < -0.3 is 5.32 Å². The number of fused-ring (bicyclic) bond motifs is 1. The van der Waals surface area contributed by atoms with Crippen LogP contribution in [0.4, 0.5) is 5.69 Å². The van der Waals surface area contributed by atoms with Crippen molar-refractivity contribution in [3.63, 3.8) is 0 Å². The van der Waals surface area contributed by atoms with Crippen LogP contribution in [0.5, 0.6) is 0 Å². The molecule has 1 saturated carbocycles.